The minimum Gasteiger partial charge on any atom is -0.493 e. The average Bonchev–Trinajstić information content (AvgIpc) is 2.92. The molecule has 1 aliphatic heterocycles. The van der Waals surface area contributed by atoms with E-state index < -0.39 is 0 Å². The molecule has 0 atom stereocenters. The number of methoxy groups -OCH3 is 1. The van der Waals surface area contributed by atoms with Crippen LogP contribution in [0.1, 0.15) is 18.1 Å². The molecule has 8 heteroatoms. The third-order valence-corrected chi connectivity index (χ3v) is 5.87. The van der Waals surface area contributed by atoms with Gasteiger partial charge in [-0.25, -0.2) is 0 Å². The smallest absolute Gasteiger partial charge is 0.293 e. The first kappa shape index (κ1) is 21.0. The van der Waals surface area contributed by atoms with E-state index in [9.17, 15) is 9.59 Å². The Morgan fingerprint density at radius 3 is 2.57 bits per heavy atom. The van der Waals surface area contributed by atoms with E-state index in [0.717, 1.165) is 20.9 Å². The Morgan fingerprint density at radius 2 is 1.93 bits per heavy atom. The normalized spacial score (nSPS) is 15.4. The molecule has 0 aliphatic carbocycles. The lowest BCUT2D eigenvalue weighted by atomic mass is 10.1. The Balaban J connectivity index is 1.85. The number of thioether (sulfide) groups is 1. The lowest BCUT2D eigenvalue weighted by Gasteiger charge is -2.13. The molecule has 0 aromatic heterocycles. The second kappa shape index (κ2) is 9.19. The molecule has 28 heavy (non-hydrogen) atoms. The van der Waals surface area contributed by atoms with Crippen LogP contribution in [0.25, 0.3) is 6.08 Å². The highest BCUT2D eigenvalue weighted by molar-refractivity contribution is 14.1. The van der Waals surface area contributed by atoms with Crippen molar-refractivity contribution in [2.24, 2.45) is 0 Å². The summed E-state index contributed by atoms with van der Waals surface area (Å²) in [6, 6.07) is 11.1. The monoisotopic (exact) mass is 529 g/mol. The molecule has 2 amide bonds. The summed E-state index contributed by atoms with van der Waals surface area (Å²) >= 11 is 9.41. The topological polar surface area (TPSA) is 55.8 Å². The van der Waals surface area contributed by atoms with E-state index in [1.165, 1.54) is 12.0 Å². The van der Waals surface area contributed by atoms with Crippen LogP contribution in [0.3, 0.4) is 0 Å². The van der Waals surface area contributed by atoms with E-state index in [1.807, 2.05) is 31.2 Å². The number of carbonyl (C=O) groups is 2. The first-order valence-electron chi connectivity index (χ1n) is 8.43. The van der Waals surface area contributed by atoms with Crippen LogP contribution in [0.2, 0.25) is 5.02 Å². The number of amides is 2. The predicted molar refractivity (Wildman–Crippen MR) is 120 cm³/mol. The van der Waals surface area contributed by atoms with Crippen LogP contribution < -0.4 is 9.47 Å². The van der Waals surface area contributed by atoms with Gasteiger partial charge in [0.15, 0.2) is 11.5 Å². The molecule has 1 heterocycles. The lowest BCUT2D eigenvalue weighted by Crippen LogP contribution is -2.27. The Bertz CT molecular complexity index is 946. The summed E-state index contributed by atoms with van der Waals surface area (Å²) in [5.74, 6) is 0.604. The molecule has 0 bridgehead atoms. The highest BCUT2D eigenvalue weighted by Crippen LogP contribution is 2.39. The van der Waals surface area contributed by atoms with Crippen LogP contribution >= 0.6 is 46.0 Å². The summed E-state index contributed by atoms with van der Waals surface area (Å²) < 4.78 is 11.9. The van der Waals surface area contributed by atoms with E-state index in [2.05, 4.69) is 22.6 Å². The van der Waals surface area contributed by atoms with Crippen molar-refractivity contribution >= 4 is 63.2 Å². The van der Waals surface area contributed by atoms with Crippen molar-refractivity contribution < 1.29 is 19.1 Å². The van der Waals surface area contributed by atoms with E-state index in [0.29, 0.717) is 33.6 Å². The molecule has 5 nitrogen and oxygen atoms in total. The molecule has 1 saturated heterocycles. The molecule has 3 rings (SSSR count). The third-order valence-electron chi connectivity index (χ3n) is 3.97. The summed E-state index contributed by atoms with van der Waals surface area (Å²) in [4.78, 5) is 26.7. The zero-order valence-corrected chi connectivity index (χ0v) is 18.9. The highest BCUT2D eigenvalue weighted by Gasteiger charge is 2.35. The SMILES string of the molecule is CCOc1c(Cl)cc(/C=C2\SC(=O)N(Cc3ccc(I)cc3)C2=O)cc1OC. The predicted octanol–water partition coefficient (Wildman–Crippen LogP) is 5.59. The molecule has 0 radical (unpaired) electrons. The summed E-state index contributed by atoms with van der Waals surface area (Å²) in [7, 11) is 1.52. The Labute approximate surface area is 186 Å². The van der Waals surface area contributed by atoms with Gasteiger partial charge in [0.05, 0.1) is 30.2 Å². The third kappa shape index (κ3) is 4.64. The second-order valence-electron chi connectivity index (χ2n) is 5.86. The molecule has 1 aliphatic rings. The fraction of sp³-hybridized carbons (Fsp3) is 0.200. The molecule has 0 unspecified atom stereocenters. The van der Waals surface area contributed by atoms with Gasteiger partial charge in [-0.05, 0) is 82.7 Å². The van der Waals surface area contributed by atoms with Crippen molar-refractivity contribution in [2.75, 3.05) is 13.7 Å². The van der Waals surface area contributed by atoms with Crippen molar-refractivity contribution in [3.05, 3.63) is 61.0 Å². The molecule has 146 valence electrons. The summed E-state index contributed by atoms with van der Waals surface area (Å²) in [6.07, 6.45) is 1.64. The quantitative estimate of drug-likeness (QED) is 0.361. The van der Waals surface area contributed by atoms with Gasteiger partial charge in [-0.3, -0.25) is 14.5 Å². The maximum atomic E-state index is 12.7. The van der Waals surface area contributed by atoms with Crippen molar-refractivity contribution in [3.8, 4) is 11.5 Å². The molecule has 0 N–H and O–H groups in total. The first-order chi connectivity index (χ1) is 13.4. The fourth-order valence-electron chi connectivity index (χ4n) is 2.67. The van der Waals surface area contributed by atoms with Crippen LogP contribution in [0.4, 0.5) is 4.79 Å². The zero-order valence-electron chi connectivity index (χ0n) is 15.2. The number of hydrogen-bond donors (Lipinski definition) is 0. The maximum Gasteiger partial charge on any atom is 0.293 e. The Morgan fingerprint density at radius 1 is 1.21 bits per heavy atom. The molecule has 2 aromatic carbocycles. The number of halogens is 2. The number of nitrogens with zero attached hydrogens (tertiary/aromatic N) is 1. The largest absolute Gasteiger partial charge is 0.493 e. The van der Waals surface area contributed by atoms with Crippen molar-refractivity contribution in [3.63, 3.8) is 0 Å². The summed E-state index contributed by atoms with van der Waals surface area (Å²) in [5, 5.41) is 0.0874. The van der Waals surface area contributed by atoms with E-state index in [4.69, 9.17) is 21.1 Å². The Hall–Kier alpha value is -1.71. The molecular formula is C20H17ClINO4S. The number of carbonyl (C=O) groups excluding carboxylic acids is 2. The maximum absolute atomic E-state index is 12.7. The van der Waals surface area contributed by atoms with Crippen LogP contribution in [-0.2, 0) is 11.3 Å². The first-order valence-corrected chi connectivity index (χ1v) is 10.7. The lowest BCUT2D eigenvalue weighted by molar-refractivity contribution is -0.123. The average molecular weight is 530 g/mol. The molecule has 0 saturated carbocycles. The van der Waals surface area contributed by atoms with Gasteiger partial charge in [-0.1, -0.05) is 23.7 Å². The molecular weight excluding hydrogens is 513 g/mol. The van der Waals surface area contributed by atoms with Crippen molar-refractivity contribution in [2.45, 2.75) is 13.5 Å². The second-order valence-corrected chi connectivity index (χ2v) is 8.51. The van der Waals surface area contributed by atoms with Crippen LogP contribution in [0.5, 0.6) is 11.5 Å². The fourth-order valence-corrected chi connectivity index (χ4v) is 4.14. The number of ether oxygens (including phenoxy) is 2. The van der Waals surface area contributed by atoms with Gasteiger partial charge < -0.3 is 9.47 Å². The van der Waals surface area contributed by atoms with E-state index >= 15 is 0 Å². The van der Waals surface area contributed by atoms with Gasteiger partial charge in [0.1, 0.15) is 0 Å². The van der Waals surface area contributed by atoms with Crippen LogP contribution in [-0.4, -0.2) is 29.8 Å². The minimum atomic E-state index is -0.322. The van der Waals surface area contributed by atoms with E-state index in [-0.39, 0.29) is 17.7 Å². The Kier molecular flexibility index (Phi) is 6.90. The summed E-state index contributed by atoms with van der Waals surface area (Å²) in [6.45, 7) is 2.55. The van der Waals surface area contributed by atoms with Gasteiger partial charge in [-0.2, -0.15) is 0 Å². The van der Waals surface area contributed by atoms with Crippen LogP contribution in [0.15, 0.2) is 41.3 Å². The highest BCUT2D eigenvalue weighted by atomic mass is 127. The molecule has 1 fully saturated rings. The van der Waals surface area contributed by atoms with Gasteiger partial charge in [0.2, 0.25) is 0 Å². The van der Waals surface area contributed by atoms with Gasteiger partial charge in [-0.15, -0.1) is 0 Å². The molecule has 0 spiro atoms. The summed E-state index contributed by atoms with van der Waals surface area (Å²) in [5.41, 5.74) is 1.56. The van der Waals surface area contributed by atoms with Gasteiger partial charge in [0.25, 0.3) is 11.1 Å². The van der Waals surface area contributed by atoms with Crippen molar-refractivity contribution in [1.82, 2.24) is 4.90 Å². The van der Waals surface area contributed by atoms with Gasteiger partial charge >= 0.3 is 0 Å². The number of imide groups is 1. The van der Waals surface area contributed by atoms with Crippen molar-refractivity contribution in [1.29, 1.82) is 0 Å². The minimum absolute atomic E-state index is 0.242. The molecule has 2 aromatic rings. The van der Waals surface area contributed by atoms with Gasteiger partial charge in [0, 0.05) is 3.57 Å². The van der Waals surface area contributed by atoms with Crippen LogP contribution in [0, 0.1) is 3.57 Å². The standard InChI is InChI=1S/C20H17ClINO4S/c1-3-27-18-15(21)8-13(9-16(18)26-2)10-17-19(24)23(20(25)28-17)11-12-4-6-14(22)7-5-12/h4-10H,3,11H2,1-2H3/b17-10-. The number of rotatable bonds is 6. The number of benzene rings is 2. The van der Waals surface area contributed by atoms with E-state index in [1.54, 1.807) is 18.2 Å². The zero-order chi connectivity index (χ0) is 20.3. The number of hydrogen-bond acceptors (Lipinski definition) is 5.